The summed E-state index contributed by atoms with van der Waals surface area (Å²) in [6.45, 7) is 8.96. The van der Waals surface area contributed by atoms with Crippen LogP contribution in [0.4, 0.5) is 0 Å². The molecule has 0 aromatic carbocycles. The molecule has 4 rings (SSSR count). The van der Waals surface area contributed by atoms with Gasteiger partial charge in [0.2, 0.25) is 5.91 Å². The topological polar surface area (TPSA) is 67.9 Å². The van der Waals surface area contributed by atoms with Crippen molar-refractivity contribution in [1.29, 1.82) is 0 Å². The average Bonchev–Trinajstić information content (AvgIpc) is 2.65. The van der Waals surface area contributed by atoms with E-state index in [1.807, 2.05) is 18.7 Å². The molecule has 0 bridgehead atoms. The number of likely N-dealkylation sites (tertiary alicyclic amines) is 1. The highest BCUT2D eigenvalue weighted by molar-refractivity contribution is 6.20. The number of piperazine rings is 2. The van der Waals surface area contributed by atoms with Gasteiger partial charge in [-0.25, -0.2) is 0 Å². The summed E-state index contributed by atoms with van der Waals surface area (Å²) in [5.74, 6) is 0.696. The molecule has 158 valence electrons. The molecule has 0 radical (unpaired) electrons. The second-order valence-corrected chi connectivity index (χ2v) is 9.88. The summed E-state index contributed by atoms with van der Waals surface area (Å²) in [4.78, 5) is 32.7. The van der Waals surface area contributed by atoms with Gasteiger partial charge in [-0.3, -0.25) is 19.8 Å². The van der Waals surface area contributed by atoms with Crippen molar-refractivity contribution in [2.24, 2.45) is 5.92 Å². The van der Waals surface area contributed by atoms with Crippen molar-refractivity contribution < 1.29 is 9.59 Å². The maximum atomic E-state index is 13.5. The van der Waals surface area contributed by atoms with E-state index >= 15 is 0 Å². The Hall–Kier alpha value is -0.890. The summed E-state index contributed by atoms with van der Waals surface area (Å²) < 4.78 is 0. The van der Waals surface area contributed by atoms with Gasteiger partial charge in [-0.1, -0.05) is 0 Å². The first kappa shape index (κ1) is 20.4. The van der Waals surface area contributed by atoms with E-state index in [0.717, 1.165) is 45.3 Å². The lowest BCUT2D eigenvalue weighted by Crippen LogP contribution is -2.83. The highest BCUT2D eigenvalue weighted by Crippen LogP contribution is 2.38. The van der Waals surface area contributed by atoms with E-state index in [4.69, 9.17) is 11.6 Å². The van der Waals surface area contributed by atoms with Gasteiger partial charge in [0.1, 0.15) is 12.1 Å². The molecule has 2 amide bonds. The first-order valence-corrected chi connectivity index (χ1v) is 11.3. The molecule has 1 aliphatic carbocycles. The first-order valence-electron chi connectivity index (χ1n) is 10.8. The summed E-state index contributed by atoms with van der Waals surface area (Å²) in [5.41, 5.74) is -0.684. The fourth-order valence-electron chi connectivity index (χ4n) is 5.23. The quantitative estimate of drug-likeness (QED) is 0.657. The molecule has 1 unspecified atom stereocenters. The molecule has 1 spiro atoms. The highest BCUT2D eigenvalue weighted by atomic mass is 35.5. The van der Waals surface area contributed by atoms with Gasteiger partial charge in [-0.05, 0) is 45.4 Å². The summed E-state index contributed by atoms with van der Waals surface area (Å²) >= 11 is 6.27. The number of alkyl halides is 1. The van der Waals surface area contributed by atoms with Crippen LogP contribution in [0.2, 0.25) is 0 Å². The van der Waals surface area contributed by atoms with E-state index in [9.17, 15) is 9.59 Å². The molecule has 1 atom stereocenters. The van der Waals surface area contributed by atoms with Crippen molar-refractivity contribution in [1.82, 2.24) is 25.3 Å². The maximum Gasteiger partial charge on any atom is 0.251 e. The molecule has 3 heterocycles. The zero-order chi connectivity index (χ0) is 19.9. The van der Waals surface area contributed by atoms with Gasteiger partial charge in [-0.2, -0.15) is 0 Å². The second-order valence-electron chi connectivity index (χ2n) is 9.26. The van der Waals surface area contributed by atoms with Crippen LogP contribution in [0.5, 0.6) is 0 Å². The van der Waals surface area contributed by atoms with Crippen molar-refractivity contribution in [3.8, 4) is 0 Å². The van der Waals surface area contributed by atoms with Crippen LogP contribution < -0.4 is 10.6 Å². The SMILES string of the molecule is CC(C)N1CC(=O)N(CC2CCC(Cl)CC2)C2(CN(C3CNCCN3)C2)C1=O. The lowest BCUT2D eigenvalue weighted by atomic mass is 9.80. The van der Waals surface area contributed by atoms with E-state index in [1.165, 1.54) is 0 Å². The van der Waals surface area contributed by atoms with E-state index in [0.29, 0.717) is 25.6 Å². The molecule has 3 aliphatic heterocycles. The Bertz CT molecular complexity index is 595. The van der Waals surface area contributed by atoms with Crippen LogP contribution in [0.3, 0.4) is 0 Å². The van der Waals surface area contributed by atoms with Crippen LogP contribution in [0.25, 0.3) is 0 Å². The number of nitrogens with zero attached hydrogens (tertiary/aromatic N) is 3. The van der Waals surface area contributed by atoms with E-state index in [-0.39, 0.29) is 35.9 Å². The largest absolute Gasteiger partial charge is 0.329 e. The number of halogens is 1. The van der Waals surface area contributed by atoms with Gasteiger partial charge >= 0.3 is 0 Å². The van der Waals surface area contributed by atoms with Gasteiger partial charge in [-0.15, -0.1) is 11.6 Å². The molecule has 4 fully saturated rings. The van der Waals surface area contributed by atoms with Crippen LogP contribution in [0.1, 0.15) is 39.5 Å². The van der Waals surface area contributed by atoms with E-state index in [1.54, 1.807) is 4.90 Å². The van der Waals surface area contributed by atoms with Crippen LogP contribution >= 0.6 is 11.6 Å². The van der Waals surface area contributed by atoms with Crippen molar-refractivity contribution in [2.45, 2.75) is 62.7 Å². The highest BCUT2D eigenvalue weighted by Gasteiger charge is 2.60. The van der Waals surface area contributed by atoms with Crippen LogP contribution in [-0.2, 0) is 9.59 Å². The molecule has 0 aromatic rings. The van der Waals surface area contributed by atoms with E-state index < -0.39 is 5.54 Å². The van der Waals surface area contributed by atoms with Crippen molar-refractivity contribution >= 4 is 23.4 Å². The monoisotopic (exact) mass is 411 g/mol. The van der Waals surface area contributed by atoms with Gasteiger partial charge in [0.05, 0.1) is 6.17 Å². The summed E-state index contributed by atoms with van der Waals surface area (Å²) in [5, 5.41) is 7.20. The molecule has 4 aliphatic rings. The predicted octanol–water partition coefficient (Wildman–Crippen LogP) is 0.437. The Kier molecular flexibility index (Phi) is 5.89. The molecular weight excluding hydrogens is 378 g/mol. The number of amides is 2. The minimum absolute atomic E-state index is 0.0469. The van der Waals surface area contributed by atoms with Gasteiger partial charge < -0.3 is 15.1 Å². The Morgan fingerprint density at radius 3 is 2.46 bits per heavy atom. The van der Waals surface area contributed by atoms with Gasteiger partial charge in [0, 0.05) is 50.7 Å². The number of hydrogen-bond acceptors (Lipinski definition) is 5. The Morgan fingerprint density at radius 1 is 1.14 bits per heavy atom. The molecule has 28 heavy (non-hydrogen) atoms. The number of carbonyl (C=O) groups excluding carboxylic acids is 2. The Labute approximate surface area is 173 Å². The number of carbonyl (C=O) groups is 2. The first-order chi connectivity index (χ1) is 13.4. The van der Waals surface area contributed by atoms with Crippen LogP contribution in [0, 0.1) is 5.92 Å². The minimum atomic E-state index is -0.684. The zero-order valence-corrected chi connectivity index (χ0v) is 17.9. The molecule has 3 saturated heterocycles. The average molecular weight is 412 g/mol. The van der Waals surface area contributed by atoms with Gasteiger partial charge in [0.25, 0.3) is 5.91 Å². The Balaban J connectivity index is 1.51. The molecule has 0 aromatic heterocycles. The molecule has 7 nitrogen and oxygen atoms in total. The standard InChI is InChI=1S/C20H34ClN5O2/c1-14(2)25-11-18(27)26(10-15-3-5-16(21)6-4-15)20(19(25)28)12-24(13-20)17-9-22-7-8-23-17/h14-17,22-23H,3-13H2,1-2H3. The van der Waals surface area contributed by atoms with E-state index in [2.05, 4.69) is 15.5 Å². The van der Waals surface area contributed by atoms with Crippen molar-refractivity contribution in [3.63, 3.8) is 0 Å². The lowest BCUT2D eigenvalue weighted by Gasteiger charge is -2.61. The van der Waals surface area contributed by atoms with Gasteiger partial charge in [0.15, 0.2) is 0 Å². The zero-order valence-electron chi connectivity index (χ0n) is 17.1. The number of rotatable bonds is 4. The fraction of sp³-hybridized carbons (Fsp3) is 0.900. The number of nitrogens with one attached hydrogen (secondary N) is 2. The third-order valence-corrected chi connectivity index (χ3v) is 7.45. The molecule has 2 N–H and O–H groups in total. The third kappa shape index (κ3) is 3.66. The van der Waals surface area contributed by atoms with Crippen LogP contribution in [0.15, 0.2) is 0 Å². The fourth-order valence-corrected chi connectivity index (χ4v) is 5.48. The smallest absolute Gasteiger partial charge is 0.251 e. The second kappa shape index (κ2) is 8.09. The maximum absolute atomic E-state index is 13.5. The van der Waals surface area contributed by atoms with Crippen molar-refractivity contribution in [2.75, 3.05) is 45.8 Å². The summed E-state index contributed by atoms with van der Waals surface area (Å²) in [7, 11) is 0. The molecule has 1 saturated carbocycles. The summed E-state index contributed by atoms with van der Waals surface area (Å²) in [6, 6.07) is 0.0469. The number of hydrogen-bond donors (Lipinski definition) is 2. The lowest BCUT2D eigenvalue weighted by molar-refractivity contribution is -0.185. The summed E-state index contributed by atoms with van der Waals surface area (Å²) in [6.07, 6.45) is 4.36. The Morgan fingerprint density at radius 2 is 1.86 bits per heavy atom. The molecule has 8 heteroatoms. The minimum Gasteiger partial charge on any atom is -0.329 e. The normalized spacial score (nSPS) is 34.2. The third-order valence-electron chi connectivity index (χ3n) is 7.01. The predicted molar refractivity (Wildman–Crippen MR) is 109 cm³/mol. The molecular formula is C20H34ClN5O2. The van der Waals surface area contributed by atoms with Crippen LogP contribution in [-0.4, -0.2) is 95.5 Å². The van der Waals surface area contributed by atoms with Crippen molar-refractivity contribution in [3.05, 3.63) is 0 Å².